The average molecular weight is 255 g/mol. The molecule has 1 aromatic carbocycles. The maximum Gasteiger partial charge on any atom is 0.0719 e. The summed E-state index contributed by atoms with van der Waals surface area (Å²) in [6.45, 7) is 3.85. The fourth-order valence-electron chi connectivity index (χ4n) is 1.87. The number of hydrogen-bond acceptors (Lipinski definition) is 1. The molecule has 0 aromatic heterocycles. The van der Waals surface area contributed by atoms with Crippen molar-refractivity contribution in [1.82, 2.24) is 0 Å². The molecule has 0 N–H and O–H groups in total. The van der Waals surface area contributed by atoms with Crippen LogP contribution in [0.3, 0.4) is 0 Å². The van der Waals surface area contributed by atoms with E-state index in [1.54, 1.807) is 0 Å². The largest absolute Gasteiger partial charge is 0.376 e. The van der Waals surface area contributed by atoms with Gasteiger partial charge in [0.15, 0.2) is 0 Å². The van der Waals surface area contributed by atoms with Gasteiger partial charge >= 0.3 is 0 Å². The van der Waals surface area contributed by atoms with Gasteiger partial charge in [0.25, 0.3) is 0 Å². The van der Waals surface area contributed by atoms with Crippen LogP contribution < -0.4 is 0 Å². The fourth-order valence-corrected chi connectivity index (χ4v) is 2.24. The smallest absolute Gasteiger partial charge is 0.0719 e. The normalized spacial score (nSPS) is 17.6. The van der Waals surface area contributed by atoms with Crippen LogP contribution in [-0.2, 0) is 24.2 Å². The van der Waals surface area contributed by atoms with Crippen molar-refractivity contribution < 1.29 is 4.74 Å². The van der Waals surface area contributed by atoms with Crippen molar-refractivity contribution in [3.05, 3.63) is 34.9 Å². The van der Waals surface area contributed by atoms with E-state index in [4.69, 9.17) is 4.74 Å². The minimum absolute atomic E-state index is 0.556. The summed E-state index contributed by atoms with van der Waals surface area (Å²) in [5.41, 5.74) is 4.26. The third kappa shape index (κ3) is 2.37. The molecule has 0 fully saturated rings. The van der Waals surface area contributed by atoms with Crippen LogP contribution in [0.5, 0.6) is 0 Å². The molecule has 1 aliphatic rings. The van der Waals surface area contributed by atoms with Gasteiger partial charge in [0.1, 0.15) is 0 Å². The average Bonchev–Trinajstić information content (AvgIpc) is 2.17. The first-order valence-corrected chi connectivity index (χ1v) is 6.00. The second-order valence-electron chi connectivity index (χ2n) is 3.89. The summed E-state index contributed by atoms with van der Waals surface area (Å²) in [5, 5.41) is 0. The lowest BCUT2D eigenvalue weighted by Gasteiger charge is -2.17. The van der Waals surface area contributed by atoms with E-state index < -0.39 is 0 Å². The minimum atomic E-state index is 0.556. The van der Waals surface area contributed by atoms with Gasteiger partial charge in [-0.15, -0.1) is 0 Å². The number of halogens is 1. The predicted molar refractivity (Wildman–Crippen MR) is 61.9 cm³/mol. The summed E-state index contributed by atoms with van der Waals surface area (Å²) in [4.78, 5) is 0.556. The Labute approximate surface area is 93.6 Å². The van der Waals surface area contributed by atoms with Crippen molar-refractivity contribution in [2.45, 2.75) is 31.2 Å². The molecule has 0 saturated heterocycles. The Morgan fingerprint density at radius 1 is 1.43 bits per heavy atom. The van der Waals surface area contributed by atoms with Gasteiger partial charge in [-0.25, -0.2) is 0 Å². The third-order valence-electron chi connectivity index (χ3n) is 2.56. The van der Waals surface area contributed by atoms with Crippen molar-refractivity contribution >= 4 is 15.9 Å². The molecule has 76 valence electrons. The van der Waals surface area contributed by atoms with Crippen LogP contribution in [0.1, 0.15) is 23.6 Å². The molecule has 1 aliphatic heterocycles. The van der Waals surface area contributed by atoms with E-state index in [9.17, 15) is 0 Å². The molecule has 0 spiro atoms. The summed E-state index contributed by atoms with van der Waals surface area (Å²) >= 11 is 3.58. The highest BCUT2D eigenvalue weighted by Gasteiger charge is 2.10. The van der Waals surface area contributed by atoms with Crippen molar-refractivity contribution in [2.24, 2.45) is 0 Å². The quantitative estimate of drug-likeness (QED) is 0.738. The Morgan fingerprint density at radius 3 is 3.07 bits per heavy atom. The number of fused-ring (bicyclic) bond motifs is 1. The lowest BCUT2D eigenvalue weighted by Crippen LogP contribution is -2.10. The van der Waals surface area contributed by atoms with E-state index >= 15 is 0 Å². The highest BCUT2D eigenvalue weighted by molar-refractivity contribution is 9.09. The molecule has 1 unspecified atom stereocenters. The van der Waals surface area contributed by atoms with Gasteiger partial charge in [-0.1, -0.05) is 41.1 Å². The zero-order valence-corrected chi connectivity index (χ0v) is 10.0. The van der Waals surface area contributed by atoms with Crippen molar-refractivity contribution in [3.63, 3.8) is 0 Å². The van der Waals surface area contributed by atoms with Crippen LogP contribution in [0.2, 0.25) is 0 Å². The first-order valence-electron chi connectivity index (χ1n) is 5.08. The molecule has 2 rings (SSSR count). The standard InChI is InChI=1S/C12H15BrO/c1-9(13)6-10-2-3-12-8-14-5-4-11(12)7-10/h2-3,7,9H,4-6,8H2,1H3. The molecule has 1 atom stereocenters. The molecule has 0 saturated carbocycles. The topological polar surface area (TPSA) is 9.23 Å². The Hall–Kier alpha value is -0.340. The minimum Gasteiger partial charge on any atom is -0.376 e. The Balaban J connectivity index is 2.20. The van der Waals surface area contributed by atoms with Gasteiger partial charge in [0.05, 0.1) is 13.2 Å². The van der Waals surface area contributed by atoms with Gasteiger partial charge in [0, 0.05) is 4.83 Å². The maximum absolute atomic E-state index is 5.41. The molecular weight excluding hydrogens is 240 g/mol. The van der Waals surface area contributed by atoms with E-state index in [1.165, 1.54) is 16.7 Å². The Bertz CT molecular complexity index is 320. The van der Waals surface area contributed by atoms with Crippen LogP contribution >= 0.6 is 15.9 Å². The first-order chi connectivity index (χ1) is 6.75. The molecule has 0 amide bonds. The Morgan fingerprint density at radius 2 is 2.29 bits per heavy atom. The summed E-state index contributed by atoms with van der Waals surface area (Å²) in [6, 6.07) is 6.75. The molecule has 1 heterocycles. The zero-order valence-electron chi connectivity index (χ0n) is 8.42. The molecule has 0 radical (unpaired) electrons. The molecule has 0 aliphatic carbocycles. The summed E-state index contributed by atoms with van der Waals surface area (Å²) in [6.07, 6.45) is 2.17. The Kier molecular flexibility index (Phi) is 3.24. The van der Waals surface area contributed by atoms with Crippen LogP contribution in [-0.4, -0.2) is 11.4 Å². The van der Waals surface area contributed by atoms with E-state index in [0.717, 1.165) is 26.1 Å². The van der Waals surface area contributed by atoms with Gasteiger partial charge < -0.3 is 4.74 Å². The van der Waals surface area contributed by atoms with Crippen molar-refractivity contribution in [2.75, 3.05) is 6.61 Å². The lowest BCUT2D eigenvalue weighted by atomic mass is 9.98. The van der Waals surface area contributed by atoms with Crippen molar-refractivity contribution in [1.29, 1.82) is 0 Å². The molecule has 1 nitrogen and oxygen atoms in total. The lowest BCUT2D eigenvalue weighted by molar-refractivity contribution is 0.110. The molecular formula is C12H15BrO. The molecule has 1 aromatic rings. The predicted octanol–water partition coefficient (Wildman–Crippen LogP) is 3.09. The highest BCUT2D eigenvalue weighted by atomic mass is 79.9. The van der Waals surface area contributed by atoms with Crippen LogP contribution in [0.15, 0.2) is 18.2 Å². The van der Waals surface area contributed by atoms with E-state index in [-0.39, 0.29) is 0 Å². The number of hydrogen-bond donors (Lipinski definition) is 0. The third-order valence-corrected chi connectivity index (χ3v) is 2.88. The summed E-state index contributed by atoms with van der Waals surface area (Å²) in [7, 11) is 0. The van der Waals surface area contributed by atoms with Crippen LogP contribution in [0, 0.1) is 0 Å². The van der Waals surface area contributed by atoms with Crippen LogP contribution in [0.4, 0.5) is 0 Å². The molecule has 2 heteroatoms. The monoisotopic (exact) mass is 254 g/mol. The number of rotatable bonds is 2. The first kappa shape index (κ1) is 10.2. The second-order valence-corrected chi connectivity index (χ2v) is 5.45. The summed E-state index contributed by atoms with van der Waals surface area (Å²) < 4.78 is 5.41. The SMILES string of the molecule is CC(Br)Cc1ccc2c(c1)CCOC2. The van der Waals surface area contributed by atoms with Gasteiger partial charge in [0.2, 0.25) is 0 Å². The van der Waals surface area contributed by atoms with E-state index in [1.807, 2.05) is 0 Å². The molecule has 14 heavy (non-hydrogen) atoms. The van der Waals surface area contributed by atoms with Crippen LogP contribution in [0.25, 0.3) is 0 Å². The molecule has 0 bridgehead atoms. The van der Waals surface area contributed by atoms with E-state index in [2.05, 4.69) is 41.1 Å². The number of alkyl halides is 1. The summed E-state index contributed by atoms with van der Waals surface area (Å²) in [5.74, 6) is 0. The number of ether oxygens (including phenoxy) is 1. The maximum atomic E-state index is 5.41. The van der Waals surface area contributed by atoms with Gasteiger partial charge in [-0.3, -0.25) is 0 Å². The van der Waals surface area contributed by atoms with Gasteiger partial charge in [-0.2, -0.15) is 0 Å². The zero-order chi connectivity index (χ0) is 9.97. The van der Waals surface area contributed by atoms with Gasteiger partial charge in [-0.05, 0) is 29.5 Å². The van der Waals surface area contributed by atoms with Crippen molar-refractivity contribution in [3.8, 4) is 0 Å². The highest BCUT2D eigenvalue weighted by Crippen LogP contribution is 2.20. The number of benzene rings is 1. The second kappa shape index (κ2) is 4.45. The van der Waals surface area contributed by atoms with E-state index in [0.29, 0.717) is 4.83 Å². The fraction of sp³-hybridized carbons (Fsp3) is 0.500.